The Labute approximate surface area is 166 Å². The van der Waals surface area contributed by atoms with E-state index in [0.717, 1.165) is 44.5 Å². The smallest absolute Gasteiger partial charge is 0.222 e. The van der Waals surface area contributed by atoms with E-state index in [1.54, 1.807) is 0 Å². The third kappa shape index (κ3) is 4.44. The number of carbonyl (C=O) groups is 1. The fourth-order valence-corrected chi connectivity index (χ4v) is 4.53. The van der Waals surface area contributed by atoms with Crippen molar-refractivity contribution in [2.24, 2.45) is 0 Å². The third-order valence-corrected chi connectivity index (χ3v) is 6.47. The van der Waals surface area contributed by atoms with Crippen LogP contribution in [0, 0.1) is 0 Å². The first-order chi connectivity index (χ1) is 12.5. The SMILES string of the molecule is CCC(=O)N1C2CCCC1CN(C/C=C(\C)c1ccc(Cl)c(Cl)c1)CC2. The Kier molecular flexibility index (Phi) is 6.65. The number of allylic oxidation sites excluding steroid dienone is 1. The van der Waals surface area contributed by atoms with E-state index in [4.69, 9.17) is 23.2 Å². The molecule has 0 aromatic heterocycles. The quantitative estimate of drug-likeness (QED) is 0.694. The second-order valence-electron chi connectivity index (χ2n) is 7.46. The molecule has 2 unspecified atom stereocenters. The van der Waals surface area contributed by atoms with Gasteiger partial charge in [0, 0.05) is 38.1 Å². The summed E-state index contributed by atoms with van der Waals surface area (Å²) in [7, 11) is 0. The molecule has 0 saturated carbocycles. The second-order valence-corrected chi connectivity index (χ2v) is 8.27. The van der Waals surface area contributed by atoms with Gasteiger partial charge in [-0.2, -0.15) is 0 Å². The van der Waals surface area contributed by atoms with Crippen molar-refractivity contribution in [1.82, 2.24) is 9.80 Å². The lowest BCUT2D eigenvalue weighted by Gasteiger charge is -2.40. The van der Waals surface area contributed by atoms with Crippen LogP contribution in [-0.2, 0) is 4.79 Å². The Morgan fingerprint density at radius 1 is 1.19 bits per heavy atom. The second kappa shape index (κ2) is 8.77. The van der Waals surface area contributed by atoms with E-state index in [9.17, 15) is 4.79 Å². The Morgan fingerprint density at radius 3 is 2.69 bits per heavy atom. The number of carbonyl (C=O) groups excluding carboxylic acids is 1. The molecular formula is C21H28Cl2N2O. The van der Waals surface area contributed by atoms with E-state index in [2.05, 4.69) is 22.8 Å². The summed E-state index contributed by atoms with van der Waals surface area (Å²) < 4.78 is 0. The Hall–Kier alpha value is -1.03. The molecule has 0 spiro atoms. The molecule has 0 radical (unpaired) electrons. The van der Waals surface area contributed by atoms with Crippen molar-refractivity contribution < 1.29 is 4.79 Å². The van der Waals surface area contributed by atoms with Gasteiger partial charge in [-0.15, -0.1) is 0 Å². The highest BCUT2D eigenvalue weighted by Gasteiger charge is 2.36. The first-order valence-electron chi connectivity index (χ1n) is 9.65. The molecule has 1 amide bonds. The summed E-state index contributed by atoms with van der Waals surface area (Å²) in [6.07, 6.45) is 7.50. The summed E-state index contributed by atoms with van der Waals surface area (Å²) in [4.78, 5) is 17.1. The molecule has 0 N–H and O–H groups in total. The largest absolute Gasteiger partial charge is 0.335 e. The zero-order chi connectivity index (χ0) is 18.7. The molecule has 2 atom stereocenters. The highest BCUT2D eigenvalue weighted by atomic mass is 35.5. The summed E-state index contributed by atoms with van der Waals surface area (Å²) in [5.41, 5.74) is 2.31. The minimum absolute atomic E-state index is 0.323. The minimum Gasteiger partial charge on any atom is -0.335 e. The van der Waals surface area contributed by atoms with Crippen LogP contribution in [0.25, 0.3) is 5.57 Å². The highest BCUT2D eigenvalue weighted by molar-refractivity contribution is 6.42. The molecule has 3 rings (SSSR count). The molecule has 2 aliphatic heterocycles. The number of piperidine rings is 1. The minimum atomic E-state index is 0.323. The van der Waals surface area contributed by atoms with Gasteiger partial charge in [-0.3, -0.25) is 9.69 Å². The third-order valence-electron chi connectivity index (χ3n) is 5.73. The number of halogens is 2. The van der Waals surface area contributed by atoms with Crippen molar-refractivity contribution in [2.75, 3.05) is 19.6 Å². The molecule has 0 aliphatic carbocycles. The van der Waals surface area contributed by atoms with Crippen molar-refractivity contribution in [3.8, 4) is 0 Å². The zero-order valence-electron chi connectivity index (χ0n) is 15.7. The Balaban J connectivity index is 1.68. The van der Waals surface area contributed by atoms with Crippen LogP contribution in [0.1, 0.15) is 51.5 Å². The topological polar surface area (TPSA) is 23.6 Å². The van der Waals surface area contributed by atoms with Gasteiger partial charge in [0.1, 0.15) is 0 Å². The number of amides is 1. The molecule has 2 aliphatic rings. The van der Waals surface area contributed by atoms with E-state index in [0.29, 0.717) is 34.5 Å². The summed E-state index contributed by atoms with van der Waals surface area (Å²) in [6.45, 7) is 7.03. The van der Waals surface area contributed by atoms with Crippen LogP contribution in [0.4, 0.5) is 0 Å². The molecule has 3 nitrogen and oxygen atoms in total. The monoisotopic (exact) mass is 394 g/mol. The molecule has 26 heavy (non-hydrogen) atoms. The number of fused-ring (bicyclic) bond motifs is 2. The summed E-state index contributed by atoms with van der Waals surface area (Å²) in [5, 5.41) is 1.18. The van der Waals surface area contributed by atoms with Gasteiger partial charge in [0.2, 0.25) is 5.91 Å². The van der Waals surface area contributed by atoms with Gasteiger partial charge < -0.3 is 4.90 Å². The molecule has 2 heterocycles. The lowest BCUT2D eigenvalue weighted by molar-refractivity contribution is -0.137. The number of benzene rings is 1. The molecule has 2 bridgehead atoms. The van der Waals surface area contributed by atoms with E-state index >= 15 is 0 Å². The molecule has 1 aromatic carbocycles. The molecule has 5 heteroatoms. The van der Waals surface area contributed by atoms with Crippen LogP contribution in [0.15, 0.2) is 24.3 Å². The van der Waals surface area contributed by atoms with Crippen LogP contribution in [0.2, 0.25) is 10.0 Å². The average Bonchev–Trinajstić information content (AvgIpc) is 2.74. The maximum absolute atomic E-state index is 12.4. The normalized spacial score (nSPS) is 24.5. The Morgan fingerprint density at radius 2 is 1.96 bits per heavy atom. The lowest BCUT2D eigenvalue weighted by Crippen LogP contribution is -2.51. The standard InChI is InChI=1S/C21H28Cl2N2O/c1-3-21(26)25-17-5-4-6-18(25)14-24(12-10-17)11-9-15(2)16-7-8-19(22)20(23)13-16/h7-9,13,17-18H,3-6,10-12,14H2,1-2H3/b15-9+. The Bertz CT molecular complexity index is 689. The number of rotatable bonds is 4. The van der Waals surface area contributed by atoms with Gasteiger partial charge in [0.15, 0.2) is 0 Å². The molecular weight excluding hydrogens is 367 g/mol. The van der Waals surface area contributed by atoms with Crippen molar-refractivity contribution in [3.05, 3.63) is 39.9 Å². The highest BCUT2D eigenvalue weighted by Crippen LogP contribution is 2.30. The fraction of sp³-hybridized carbons (Fsp3) is 0.571. The average molecular weight is 395 g/mol. The summed E-state index contributed by atoms with van der Waals surface area (Å²) in [6, 6.07) is 6.60. The van der Waals surface area contributed by atoms with E-state index in [1.165, 1.54) is 12.0 Å². The predicted octanol–water partition coefficient (Wildman–Crippen LogP) is 5.26. The van der Waals surface area contributed by atoms with Gasteiger partial charge >= 0.3 is 0 Å². The lowest BCUT2D eigenvalue weighted by atomic mass is 9.94. The summed E-state index contributed by atoms with van der Waals surface area (Å²) in [5.74, 6) is 0.323. The van der Waals surface area contributed by atoms with Crippen LogP contribution >= 0.6 is 23.2 Å². The first-order valence-corrected chi connectivity index (χ1v) is 10.4. The van der Waals surface area contributed by atoms with Crippen molar-refractivity contribution in [3.63, 3.8) is 0 Å². The van der Waals surface area contributed by atoms with E-state index < -0.39 is 0 Å². The number of nitrogens with zero attached hydrogens (tertiary/aromatic N) is 2. The molecule has 2 fully saturated rings. The maximum Gasteiger partial charge on any atom is 0.222 e. The van der Waals surface area contributed by atoms with Crippen LogP contribution in [0.5, 0.6) is 0 Å². The summed E-state index contributed by atoms with van der Waals surface area (Å²) >= 11 is 12.2. The van der Waals surface area contributed by atoms with Gasteiger partial charge in [0.05, 0.1) is 10.0 Å². The maximum atomic E-state index is 12.4. The number of hydrogen-bond acceptors (Lipinski definition) is 2. The first kappa shape index (κ1) is 19.7. The fourth-order valence-electron chi connectivity index (χ4n) is 4.23. The van der Waals surface area contributed by atoms with E-state index in [-0.39, 0.29) is 0 Å². The van der Waals surface area contributed by atoms with Gasteiger partial charge in [-0.1, -0.05) is 42.3 Å². The van der Waals surface area contributed by atoms with Crippen LogP contribution in [0.3, 0.4) is 0 Å². The molecule has 142 valence electrons. The van der Waals surface area contributed by atoms with Crippen molar-refractivity contribution in [1.29, 1.82) is 0 Å². The van der Waals surface area contributed by atoms with E-state index in [1.807, 2.05) is 25.1 Å². The van der Waals surface area contributed by atoms with Crippen molar-refractivity contribution in [2.45, 2.75) is 58.0 Å². The zero-order valence-corrected chi connectivity index (χ0v) is 17.2. The van der Waals surface area contributed by atoms with Crippen LogP contribution in [-0.4, -0.2) is 47.4 Å². The molecule has 2 saturated heterocycles. The van der Waals surface area contributed by atoms with Gasteiger partial charge in [0.25, 0.3) is 0 Å². The van der Waals surface area contributed by atoms with Crippen LogP contribution < -0.4 is 0 Å². The van der Waals surface area contributed by atoms with Gasteiger partial charge in [-0.25, -0.2) is 0 Å². The predicted molar refractivity (Wildman–Crippen MR) is 110 cm³/mol. The van der Waals surface area contributed by atoms with Gasteiger partial charge in [-0.05, 0) is 55.9 Å². The number of hydrogen-bond donors (Lipinski definition) is 0. The molecule has 1 aromatic rings. The van der Waals surface area contributed by atoms with Crippen molar-refractivity contribution >= 4 is 34.7 Å².